The van der Waals surface area contributed by atoms with Gasteiger partial charge in [0.2, 0.25) is 5.91 Å². The fourth-order valence-electron chi connectivity index (χ4n) is 1.89. The molecule has 5 nitrogen and oxygen atoms in total. The maximum Gasteiger partial charge on any atom is 0.225 e. The summed E-state index contributed by atoms with van der Waals surface area (Å²) >= 11 is 0. The molecule has 0 bridgehead atoms. The Labute approximate surface area is 101 Å². The predicted octanol–water partition coefficient (Wildman–Crippen LogP) is 0.00560. The van der Waals surface area contributed by atoms with Gasteiger partial charge in [-0.2, -0.15) is 0 Å². The van der Waals surface area contributed by atoms with Gasteiger partial charge in [-0.15, -0.1) is 0 Å². The Morgan fingerprint density at radius 2 is 2.29 bits per heavy atom. The van der Waals surface area contributed by atoms with Crippen LogP contribution in [0.1, 0.15) is 5.69 Å². The van der Waals surface area contributed by atoms with E-state index in [4.69, 9.17) is 4.74 Å². The molecule has 0 atom stereocenters. The van der Waals surface area contributed by atoms with Crippen LogP contribution in [0.2, 0.25) is 0 Å². The molecule has 0 aliphatic carbocycles. The standard InChI is InChI=1S/C12H19N3O2/c16-12(10-11-2-1-3-13-11)14-4-5-15-6-8-17-9-7-15/h1-3,13H,4-10H2,(H,14,16). The van der Waals surface area contributed by atoms with E-state index in [-0.39, 0.29) is 5.91 Å². The molecular formula is C12H19N3O2. The van der Waals surface area contributed by atoms with Gasteiger partial charge < -0.3 is 15.0 Å². The molecule has 17 heavy (non-hydrogen) atoms. The van der Waals surface area contributed by atoms with Crippen molar-refractivity contribution in [3.8, 4) is 0 Å². The zero-order valence-corrected chi connectivity index (χ0v) is 9.95. The molecule has 1 amide bonds. The van der Waals surface area contributed by atoms with Gasteiger partial charge >= 0.3 is 0 Å². The number of morpholine rings is 1. The van der Waals surface area contributed by atoms with Gasteiger partial charge in [-0.3, -0.25) is 9.69 Å². The number of ether oxygens (including phenoxy) is 1. The van der Waals surface area contributed by atoms with Crippen LogP contribution in [-0.2, 0) is 16.0 Å². The fraction of sp³-hybridized carbons (Fsp3) is 0.583. The molecular weight excluding hydrogens is 218 g/mol. The Kier molecular flexibility index (Phi) is 4.58. The number of aromatic nitrogens is 1. The van der Waals surface area contributed by atoms with Gasteiger partial charge in [0.05, 0.1) is 19.6 Å². The van der Waals surface area contributed by atoms with Gasteiger partial charge in [0.25, 0.3) is 0 Å². The van der Waals surface area contributed by atoms with Crippen LogP contribution >= 0.6 is 0 Å². The summed E-state index contributed by atoms with van der Waals surface area (Å²) in [5.74, 6) is 0.0701. The molecule has 1 aliphatic heterocycles. The number of carbonyl (C=O) groups excluding carboxylic acids is 1. The molecule has 1 aliphatic rings. The van der Waals surface area contributed by atoms with Crippen molar-refractivity contribution in [2.75, 3.05) is 39.4 Å². The Hall–Kier alpha value is -1.33. The first-order valence-corrected chi connectivity index (χ1v) is 6.03. The largest absolute Gasteiger partial charge is 0.379 e. The Morgan fingerprint density at radius 1 is 1.47 bits per heavy atom. The van der Waals surface area contributed by atoms with Crippen molar-refractivity contribution in [1.29, 1.82) is 0 Å². The number of rotatable bonds is 5. The highest BCUT2D eigenvalue weighted by Gasteiger charge is 2.10. The smallest absolute Gasteiger partial charge is 0.225 e. The van der Waals surface area contributed by atoms with E-state index < -0.39 is 0 Å². The van der Waals surface area contributed by atoms with Crippen LogP contribution in [-0.4, -0.2) is 55.2 Å². The zero-order valence-electron chi connectivity index (χ0n) is 9.95. The van der Waals surface area contributed by atoms with E-state index in [0.717, 1.165) is 38.5 Å². The summed E-state index contributed by atoms with van der Waals surface area (Å²) in [6, 6.07) is 3.82. The summed E-state index contributed by atoms with van der Waals surface area (Å²) in [7, 11) is 0. The minimum Gasteiger partial charge on any atom is -0.379 e. The van der Waals surface area contributed by atoms with Crippen LogP contribution in [0.5, 0.6) is 0 Å². The number of nitrogens with one attached hydrogen (secondary N) is 2. The summed E-state index contributed by atoms with van der Waals surface area (Å²) in [6.45, 7) is 5.14. The lowest BCUT2D eigenvalue weighted by Gasteiger charge is -2.26. The molecule has 5 heteroatoms. The van der Waals surface area contributed by atoms with Gasteiger partial charge in [0.1, 0.15) is 0 Å². The number of hydrogen-bond donors (Lipinski definition) is 2. The lowest BCUT2D eigenvalue weighted by Crippen LogP contribution is -2.41. The SMILES string of the molecule is O=C(Cc1ccc[nH]1)NCCN1CCOCC1. The van der Waals surface area contributed by atoms with Gasteiger partial charge in [0.15, 0.2) is 0 Å². The van der Waals surface area contributed by atoms with Crippen LogP contribution < -0.4 is 5.32 Å². The second kappa shape index (κ2) is 6.42. The monoisotopic (exact) mass is 237 g/mol. The molecule has 1 aromatic heterocycles. The molecule has 2 N–H and O–H groups in total. The average Bonchev–Trinajstić information content (AvgIpc) is 2.83. The van der Waals surface area contributed by atoms with E-state index in [1.165, 1.54) is 0 Å². The second-order valence-corrected chi connectivity index (χ2v) is 4.18. The van der Waals surface area contributed by atoms with Crippen LogP contribution in [0.3, 0.4) is 0 Å². The normalized spacial score (nSPS) is 16.9. The zero-order chi connectivity index (χ0) is 11.9. The van der Waals surface area contributed by atoms with E-state index in [1.54, 1.807) is 0 Å². The number of carbonyl (C=O) groups is 1. The Balaban J connectivity index is 1.59. The second-order valence-electron chi connectivity index (χ2n) is 4.18. The van der Waals surface area contributed by atoms with Crippen LogP contribution in [0, 0.1) is 0 Å². The number of amides is 1. The van der Waals surface area contributed by atoms with Gasteiger partial charge in [0, 0.05) is 38.1 Å². The highest BCUT2D eigenvalue weighted by atomic mass is 16.5. The fourth-order valence-corrected chi connectivity index (χ4v) is 1.89. The lowest BCUT2D eigenvalue weighted by atomic mass is 10.3. The number of aromatic amines is 1. The van der Waals surface area contributed by atoms with E-state index in [0.29, 0.717) is 13.0 Å². The quantitative estimate of drug-likeness (QED) is 0.758. The maximum absolute atomic E-state index is 11.6. The van der Waals surface area contributed by atoms with Gasteiger partial charge in [-0.1, -0.05) is 0 Å². The minimum atomic E-state index is 0.0701. The van der Waals surface area contributed by atoms with Crippen molar-refractivity contribution >= 4 is 5.91 Å². The maximum atomic E-state index is 11.6. The van der Waals surface area contributed by atoms with Crippen LogP contribution in [0.4, 0.5) is 0 Å². The molecule has 0 spiro atoms. The molecule has 0 saturated carbocycles. The first kappa shape index (κ1) is 12.1. The van der Waals surface area contributed by atoms with E-state index in [2.05, 4.69) is 15.2 Å². The average molecular weight is 237 g/mol. The van der Waals surface area contributed by atoms with Crippen LogP contribution in [0.25, 0.3) is 0 Å². The van der Waals surface area contributed by atoms with Crippen molar-refractivity contribution < 1.29 is 9.53 Å². The number of hydrogen-bond acceptors (Lipinski definition) is 3. The first-order chi connectivity index (χ1) is 8.34. The topological polar surface area (TPSA) is 57.4 Å². The molecule has 1 aromatic rings. The predicted molar refractivity (Wildman–Crippen MR) is 64.8 cm³/mol. The summed E-state index contributed by atoms with van der Waals surface area (Å²) in [5, 5.41) is 2.93. The molecule has 0 unspecified atom stereocenters. The van der Waals surface area contributed by atoms with Crippen LogP contribution in [0.15, 0.2) is 18.3 Å². The van der Waals surface area contributed by atoms with Gasteiger partial charge in [-0.25, -0.2) is 0 Å². The molecule has 2 rings (SSSR count). The molecule has 1 fully saturated rings. The Morgan fingerprint density at radius 3 is 3.00 bits per heavy atom. The highest BCUT2D eigenvalue weighted by Crippen LogP contribution is 1.96. The third kappa shape index (κ3) is 4.20. The van der Waals surface area contributed by atoms with Gasteiger partial charge in [-0.05, 0) is 12.1 Å². The highest BCUT2D eigenvalue weighted by molar-refractivity contribution is 5.78. The molecule has 94 valence electrons. The van der Waals surface area contributed by atoms with E-state index in [9.17, 15) is 4.79 Å². The lowest BCUT2D eigenvalue weighted by molar-refractivity contribution is -0.120. The molecule has 1 saturated heterocycles. The van der Waals surface area contributed by atoms with E-state index >= 15 is 0 Å². The molecule has 0 radical (unpaired) electrons. The van der Waals surface area contributed by atoms with E-state index in [1.807, 2.05) is 18.3 Å². The first-order valence-electron chi connectivity index (χ1n) is 6.03. The van der Waals surface area contributed by atoms with Crippen molar-refractivity contribution in [1.82, 2.24) is 15.2 Å². The van der Waals surface area contributed by atoms with Crippen molar-refractivity contribution in [2.45, 2.75) is 6.42 Å². The summed E-state index contributed by atoms with van der Waals surface area (Å²) < 4.78 is 5.26. The number of H-pyrrole nitrogens is 1. The van der Waals surface area contributed by atoms with Crippen molar-refractivity contribution in [3.63, 3.8) is 0 Å². The third-order valence-electron chi connectivity index (χ3n) is 2.87. The summed E-state index contributed by atoms with van der Waals surface area (Å²) in [6.07, 6.45) is 2.26. The van der Waals surface area contributed by atoms with Crippen molar-refractivity contribution in [3.05, 3.63) is 24.0 Å². The summed E-state index contributed by atoms with van der Waals surface area (Å²) in [4.78, 5) is 16.9. The van der Waals surface area contributed by atoms with Crippen molar-refractivity contribution in [2.24, 2.45) is 0 Å². The molecule has 2 heterocycles. The number of nitrogens with zero attached hydrogens (tertiary/aromatic N) is 1. The summed E-state index contributed by atoms with van der Waals surface area (Å²) in [5.41, 5.74) is 0.953. The Bertz CT molecular complexity index is 332. The third-order valence-corrected chi connectivity index (χ3v) is 2.87. The molecule has 0 aromatic carbocycles. The minimum absolute atomic E-state index is 0.0701.